The van der Waals surface area contributed by atoms with E-state index < -0.39 is 0 Å². The summed E-state index contributed by atoms with van der Waals surface area (Å²) in [6.07, 6.45) is 9.95. The number of aliphatic hydroxyl groups excluding tert-OH is 1. The lowest BCUT2D eigenvalue weighted by molar-refractivity contribution is 0.116. The van der Waals surface area contributed by atoms with Gasteiger partial charge in [0.25, 0.3) is 0 Å². The van der Waals surface area contributed by atoms with Crippen LogP contribution < -0.4 is 0 Å². The molecule has 0 saturated heterocycles. The highest BCUT2D eigenvalue weighted by Crippen LogP contribution is 2.44. The van der Waals surface area contributed by atoms with Crippen molar-refractivity contribution in [3.8, 4) is 0 Å². The molecule has 2 aliphatic rings. The second kappa shape index (κ2) is 7.93. The van der Waals surface area contributed by atoms with Gasteiger partial charge < -0.3 is 5.11 Å². The summed E-state index contributed by atoms with van der Waals surface area (Å²) in [6, 6.07) is 0. The average molecular weight is 361 g/mol. The third-order valence-corrected chi connectivity index (χ3v) is 6.68. The normalized spacial score (nSPS) is 33.0. The highest BCUT2D eigenvalue weighted by molar-refractivity contribution is 7.45. The summed E-state index contributed by atoms with van der Waals surface area (Å²) in [7, 11) is 0.715. The Labute approximate surface area is 157 Å². The van der Waals surface area contributed by atoms with Crippen LogP contribution >= 0.6 is 8.58 Å². The fourth-order valence-corrected chi connectivity index (χ4v) is 5.79. The summed E-state index contributed by atoms with van der Waals surface area (Å²) in [5.41, 5.74) is 4.71. The third-order valence-electron chi connectivity index (χ3n) is 5.94. The lowest BCUT2D eigenvalue weighted by Gasteiger charge is -2.39. The van der Waals surface area contributed by atoms with Gasteiger partial charge in [0.15, 0.2) is 0 Å². The van der Waals surface area contributed by atoms with E-state index in [2.05, 4.69) is 78.3 Å². The molecule has 1 nitrogen and oxygen atoms in total. The molecule has 0 radical (unpaired) electrons. The zero-order chi connectivity index (χ0) is 18.8. The summed E-state index contributed by atoms with van der Waals surface area (Å²) in [4.78, 5) is 0. The van der Waals surface area contributed by atoms with Gasteiger partial charge in [0.05, 0.1) is 6.10 Å². The van der Waals surface area contributed by atoms with Crippen LogP contribution in [-0.4, -0.2) is 11.2 Å². The van der Waals surface area contributed by atoms with E-state index in [1.54, 1.807) is 0 Å². The van der Waals surface area contributed by atoms with Crippen LogP contribution in [0.15, 0.2) is 46.6 Å². The van der Waals surface area contributed by atoms with E-state index in [4.69, 9.17) is 0 Å². The Kier molecular flexibility index (Phi) is 6.55. The van der Waals surface area contributed by atoms with Crippen molar-refractivity contribution < 1.29 is 5.11 Å². The molecule has 0 fully saturated rings. The molecule has 0 aromatic carbocycles. The van der Waals surface area contributed by atoms with Crippen LogP contribution in [0.4, 0.5) is 0 Å². The molecule has 0 aromatic heterocycles. The standard InChI is InChI=1S/C23H37OP/c1-16-12-17(2)20(22(4,5)14-16)8-10-25-11-9-21-18(3)13-19(24)15-23(21,6)7/h8-12,16,19-20,24-25H,13-15H2,1-7H3/b10-8+,11-9+. The first-order valence-corrected chi connectivity index (χ1v) is 10.8. The van der Waals surface area contributed by atoms with E-state index in [-0.39, 0.29) is 11.5 Å². The smallest absolute Gasteiger partial charge is 0.0585 e. The highest BCUT2D eigenvalue weighted by atomic mass is 31.1. The molecule has 0 amide bonds. The molecule has 4 unspecified atom stereocenters. The molecule has 2 rings (SSSR count). The van der Waals surface area contributed by atoms with Crippen LogP contribution in [0.3, 0.4) is 0 Å². The maximum atomic E-state index is 10.0. The van der Waals surface area contributed by atoms with E-state index in [1.165, 1.54) is 23.1 Å². The second-order valence-corrected chi connectivity index (χ2v) is 10.6. The van der Waals surface area contributed by atoms with Crippen molar-refractivity contribution in [1.29, 1.82) is 0 Å². The zero-order valence-electron chi connectivity index (χ0n) is 17.2. The van der Waals surface area contributed by atoms with Crippen molar-refractivity contribution in [3.63, 3.8) is 0 Å². The number of aliphatic hydroxyl groups is 1. The molecule has 0 aromatic rings. The Morgan fingerprint density at radius 2 is 1.80 bits per heavy atom. The lowest BCUT2D eigenvalue weighted by Crippen LogP contribution is -2.29. The van der Waals surface area contributed by atoms with Crippen molar-refractivity contribution in [2.45, 2.75) is 73.8 Å². The topological polar surface area (TPSA) is 20.2 Å². The minimum absolute atomic E-state index is 0.0767. The third kappa shape index (κ3) is 5.18. The molecule has 4 atom stereocenters. The lowest BCUT2D eigenvalue weighted by atomic mass is 9.66. The molecule has 0 spiro atoms. The van der Waals surface area contributed by atoms with Crippen LogP contribution in [0.5, 0.6) is 0 Å². The molecule has 0 aliphatic heterocycles. The first-order valence-electron chi connectivity index (χ1n) is 9.69. The number of hydrogen-bond donors (Lipinski definition) is 1. The van der Waals surface area contributed by atoms with E-state index >= 15 is 0 Å². The largest absolute Gasteiger partial charge is 0.393 e. The fraction of sp³-hybridized carbons (Fsp3) is 0.652. The van der Waals surface area contributed by atoms with Crippen molar-refractivity contribution in [3.05, 3.63) is 46.6 Å². The van der Waals surface area contributed by atoms with Crippen LogP contribution in [-0.2, 0) is 0 Å². The van der Waals surface area contributed by atoms with E-state index in [1.807, 2.05) is 0 Å². The monoisotopic (exact) mass is 360 g/mol. The zero-order valence-corrected chi connectivity index (χ0v) is 18.2. The summed E-state index contributed by atoms with van der Waals surface area (Å²) >= 11 is 0. The predicted molar refractivity (Wildman–Crippen MR) is 113 cm³/mol. The van der Waals surface area contributed by atoms with Gasteiger partial charge >= 0.3 is 0 Å². The maximum absolute atomic E-state index is 10.0. The van der Waals surface area contributed by atoms with Crippen molar-refractivity contribution in [2.24, 2.45) is 22.7 Å². The van der Waals surface area contributed by atoms with E-state index in [0.29, 0.717) is 25.8 Å². The molecular weight excluding hydrogens is 323 g/mol. The Morgan fingerprint density at radius 1 is 1.12 bits per heavy atom. The fourth-order valence-electron chi connectivity index (χ4n) is 5.12. The molecule has 0 heterocycles. The van der Waals surface area contributed by atoms with E-state index in [9.17, 15) is 5.11 Å². The van der Waals surface area contributed by atoms with Gasteiger partial charge in [-0.3, -0.25) is 0 Å². The van der Waals surface area contributed by atoms with Crippen molar-refractivity contribution >= 4 is 8.58 Å². The molecule has 25 heavy (non-hydrogen) atoms. The van der Waals surface area contributed by atoms with Gasteiger partial charge in [-0.2, -0.15) is 0 Å². The van der Waals surface area contributed by atoms with Gasteiger partial charge in [0, 0.05) is 5.92 Å². The van der Waals surface area contributed by atoms with Crippen LogP contribution in [0, 0.1) is 22.7 Å². The predicted octanol–water partition coefficient (Wildman–Crippen LogP) is 6.82. The summed E-state index contributed by atoms with van der Waals surface area (Å²) in [5, 5.41) is 10.0. The minimum atomic E-state index is -0.180. The van der Waals surface area contributed by atoms with Gasteiger partial charge in [-0.05, 0) is 55.4 Å². The second-order valence-electron chi connectivity index (χ2n) is 9.56. The van der Waals surface area contributed by atoms with Crippen molar-refractivity contribution in [2.75, 3.05) is 0 Å². The molecule has 0 saturated carbocycles. The minimum Gasteiger partial charge on any atom is -0.393 e. The molecule has 140 valence electrons. The van der Waals surface area contributed by atoms with Crippen LogP contribution in [0.1, 0.15) is 67.7 Å². The molecule has 2 heteroatoms. The highest BCUT2D eigenvalue weighted by Gasteiger charge is 2.33. The number of allylic oxidation sites excluding steroid dienone is 5. The number of hydrogen-bond acceptors (Lipinski definition) is 1. The SMILES string of the molecule is CC1=CC(C)CC(C)(C)C1/C=C/P/C=C/C1=C(C)CC(O)CC1(C)C. The number of rotatable bonds is 4. The van der Waals surface area contributed by atoms with Crippen LogP contribution in [0.25, 0.3) is 0 Å². The summed E-state index contributed by atoms with van der Waals surface area (Å²) in [6.45, 7) is 16.1. The Bertz CT molecular complexity index is 604. The maximum Gasteiger partial charge on any atom is 0.0585 e. The Morgan fingerprint density at radius 3 is 2.40 bits per heavy atom. The van der Waals surface area contributed by atoms with Gasteiger partial charge in [0.2, 0.25) is 0 Å². The first kappa shape index (κ1) is 20.7. The summed E-state index contributed by atoms with van der Waals surface area (Å²) in [5.74, 6) is 5.93. The first-order chi connectivity index (χ1) is 11.5. The van der Waals surface area contributed by atoms with Gasteiger partial charge in [-0.25, -0.2) is 0 Å². The van der Waals surface area contributed by atoms with Gasteiger partial charge in [-0.15, -0.1) is 0 Å². The van der Waals surface area contributed by atoms with Crippen LogP contribution in [0.2, 0.25) is 0 Å². The average Bonchev–Trinajstić information content (AvgIpc) is 2.41. The Hall–Kier alpha value is -0.650. The quantitative estimate of drug-likeness (QED) is 0.431. The molecule has 0 bridgehead atoms. The van der Waals surface area contributed by atoms with E-state index in [0.717, 1.165) is 12.8 Å². The van der Waals surface area contributed by atoms with Crippen molar-refractivity contribution in [1.82, 2.24) is 0 Å². The Balaban J connectivity index is 2.02. The van der Waals surface area contributed by atoms with Gasteiger partial charge in [-0.1, -0.05) is 84.2 Å². The molecular formula is C23H37OP. The van der Waals surface area contributed by atoms with Gasteiger partial charge in [0.1, 0.15) is 0 Å². The molecule has 1 N–H and O–H groups in total. The molecule has 2 aliphatic carbocycles. The summed E-state index contributed by atoms with van der Waals surface area (Å²) < 4.78 is 0.